The Bertz CT molecular complexity index is 139. The van der Waals surface area contributed by atoms with Gasteiger partial charge in [-0.2, -0.15) is 0 Å². The normalized spacial score (nSPS) is 32.0. The zero-order valence-electron chi connectivity index (χ0n) is 8.68. The smallest absolute Gasteiger partial charge is 0.108 e. The number of hydrogen-bond acceptors (Lipinski definition) is 2. The Morgan fingerprint density at radius 3 is 2.58 bits per heavy atom. The Labute approximate surface area is 75.7 Å². The number of rotatable bonds is 1. The lowest BCUT2D eigenvalue weighted by atomic mass is 9.84. The van der Waals surface area contributed by atoms with Crippen LogP contribution >= 0.6 is 0 Å². The van der Waals surface area contributed by atoms with Crippen molar-refractivity contribution in [3.63, 3.8) is 0 Å². The predicted octanol–water partition coefficient (Wildman–Crippen LogP) is 2.15. The van der Waals surface area contributed by atoms with Crippen LogP contribution in [0.3, 0.4) is 0 Å². The summed E-state index contributed by atoms with van der Waals surface area (Å²) in [6, 6.07) is 0.608. The first-order valence-corrected chi connectivity index (χ1v) is 4.91. The average molecular weight is 171 g/mol. The van der Waals surface area contributed by atoms with E-state index in [1.807, 2.05) is 0 Å². The second-order valence-corrected chi connectivity index (χ2v) is 4.64. The molecule has 72 valence electrons. The summed E-state index contributed by atoms with van der Waals surface area (Å²) in [6.07, 6.45) is 2.48. The molecule has 0 aromatic carbocycles. The summed E-state index contributed by atoms with van der Waals surface area (Å²) in [5.41, 5.74) is 0.358. The van der Waals surface area contributed by atoms with Crippen LogP contribution in [-0.2, 0) is 4.74 Å². The Morgan fingerprint density at radius 2 is 2.08 bits per heavy atom. The van der Waals surface area contributed by atoms with Crippen molar-refractivity contribution in [1.82, 2.24) is 5.32 Å². The Morgan fingerprint density at radius 1 is 1.42 bits per heavy atom. The molecule has 1 N–H and O–H groups in total. The predicted molar refractivity (Wildman–Crippen MR) is 51.0 cm³/mol. The maximum absolute atomic E-state index is 5.54. The van der Waals surface area contributed by atoms with Crippen LogP contribution in [-0.4, -0.2) is 18.9 Å². The molecule has 0 radical (unpaired) electrons. The number of nitrogens with one attached hydrogen (secondary N) is 1. The largest absolute Gasteiger partial charge is 0.363 e. The van der Waals surface area contributed by atoms with E-state index in [0.717, 1.165) is 19.4 Å². The minimum atomic E-state index is 0.281. The van der Waals surface area contributed by atoms with E-state index in [4.69, 9.17) is 4.74 Å². The van der Waals surface area contributed by atoms with Crippen LogP contribution in [0, 0.1) is 5.41 Å². The minimum Gasteiger partial charge on any atom is -0.363 e. The molecule has 2 nitrogen and oxygen atoms in total. The fourth-order valence-corrected chi connectivity index (χ4v) is 1.60. The van der Waals surface area contributed by atoms with Gasteiger partial charge in [0.2, 0.25) is 0 Å². The highest BCUT2D eigenvalue weighted by atomic mass is 16.5. The first kappa shape index (κ1) is 10.0. The quantitative estimate of drug-likeness (QED) is 0.652. The topological polar surface area (TPSA) is 21.3 Å². The summed E-state index contributed by atoms with van der Waals surface area (Å²) in [7, 11) is 0. The SMILES string of the molecule is CCC1NC(C(C)(C)C)CCO1. The van der Waals surface area contributed by atoms with Gasteiger partial charge in [0, 0.05) is 6.04 Å². The molecule has 1 rings (SSSR count). The zero-order chi connectivity index (χ0) is 9.19. The van der Waals surface area contributed by atoms with Crippen molar-refractivity contribution in [2.24, 2.45) is 5.41 Å². The molecule has 1 heterocycles. The highest BCUT2D eigenvalue weighted by Gasteiger charge is 2.29. The third kappa shape index (κ3) is 2.46. The van der Waals surface area contributed by atoms with Crippen LogP contribution in [0.25, 0.3) is 0 Å². The molecular formula is C10H21NO. The van der Waals surface area contributed by atoms with Gasteiger partial charge in [-0.05, 0) is 18.3 Å². The van der Waals surface area contributed by atoms with Crippen molar-refractivity contribution in [3.8, 4) is 0 Å². The summed E-state index contributed by atoms with van der Waals surface area (Å²) >= 11 is 0. The van der Waals surface area contributed by atoms with Crippen molar-refractivity contribution >= 4 is 0 Å². The maximum Gasteiger partial charge on any atom is 0.108 e. The second-order valence-electron chi connectivity index (χ2n) is 4.64. The van der Waals surface area contributed by atoms with Gasteiger partial charge in [-0.25, -0.2) is 0 Å². The minimum absolute atomic E-state index is 0.281. The van der Waals surface area contributed by atoms with E-state index in [2.05, 4.69) is 33.0 Å². The van der Waals surface area contributed by atoms with Gasteiger partial charge in [0.05, 0.1) is 6.61 Å². The summed E-state index contributed by atoms with van der Waals surface area (Å²) in [5.74, 6) is 0. The fraction of sp³-hybridized carbons (Fsp3) is 1.00. The third-order valence-corrected chi connectivity index (χ3v) is 2.53. The van der Waals surface area contributed by atoms with Crippen LogP contribution in [0.2, 0.25) is 0 Å². The maximum atomic E-state index is 5.54. The zero-order valence-corrected chi connectivity index (χ0v) is 8.68. The van der Waals surface area contributed by atoms with Gasteiger partial charge < -0.3 is 4.74 Å². The van der Waals surface area contributed by atoms with Crippen LogP contribution in [0.4, 0.5) is 0 Å². The molecule has 0 bridgehead atoms. The molecule has 0 aromatic rings. The molecule has 0 amide bonds. The van der Waals surface area contributed by atoms with E-state index in [9.17, 15) is 0 Å². The molecule has 1 fully saturated rings. The molecule has 1 aliphatic heterocycles. The highest BCUT2D eigenvalue weighted by molar-refractivity contribution is 4.83. The molecule has 0 aromatic heterocycles. The molecule has 1 saturated heterocycles. The molecule has 12 heavy (non-hydrogen) atoms. The first-order chi connectivity index (χ1) is 5.54. The van der Waals surface area contributed by atoms with Crippen LogP contribution in [0.15, 0.2) is 0 Å². The van der Waals surface area contributed by atoms with Gasteiger partial charge in [-0.1, -0.05) is 27.7 Å². The molecule has 2 heteroatoms. The Balaban J connectivity index is 2.46. The van der Waals surface area contributed by atoms with Crippen LogP contribution < -0.4 is 5.32 Å². The van der Waals surface area contributed by atoms with Crippen molar-refractivity contribution < 1.29 is 4.74 Å². The summed E-state index contributed by atoms with van der Waals surface area (Å²) in [6.45, 7) is 9.91. The standard InChI is InChI=1S/C10H21NO/c1-5-9-11-8(6-7-12-9)10(2,3)4/h8-9,11H,5-7H2,1-4H3. The Kier molecular flexibility index (Phi) is 3.13. The fourth-order valence-electron chi connectivity index (χ4n) is 1.60. The van der Waals surface area contributed by atoms with E-state index < -0.39 is 0 Å². The van der Waals surface area contributed by atoms with Crippen molar-refractivity contribution in [1.29, 1.82) is 0 Å². The molecule has 2 atom stereocenters. The molecule has 2 unspecified atom stereocenters. The van der Waals surface area contributed by atoms with Gasteiger partial charge in [0.25, 0.3) is 0 Å². The molecule has 1 aliphatic rings. The highest BCUT2D eigenvalue weighted by Crippen LogP contribution is 2.25. The van der Waals surface area contributed by atoms with Crippen molar-refractivity contribution in [2.45, 2.75) is 52.8 Å². The van der Waals surface area contributed by atoms with Gasteiger partial charge in [-0.15, -0.1) is 0 Å². The summed E-state index contributed by atoms with van der Waals surface area (Å²) < 4.78 is 5.54. The van der Waals surface area contributed by atoms with E-state index in [1.165, 1.54) is 0 Å². The van der Waals surface area contributed by atoms with Gasteiger partial charge in [0.1, 0.15) is 6.23 Å². The van der Waals surface area contributed by atoms with E-state index in [0.29, 0.717) is 11.5 Å². The van der Waals surface area contributed by atoms with Gasteiger partial charge in [-0.3, -0.25) is 5.32 Å². The van der Waals surface area contributed by atoms with E-state index >= 15 is 0 Å². The Hall–Kier alpha value is -0.0800. The molecular weight excluding hydrogens is 150 g/mol. The molecule has 0 aliphatic carbocycles. The molecule has 0 spiro atoms. The second kappa shape index (κ2) is 3.75. The van der Waals surface area contributed by atoms with Gasteiger partial charge >= 0.3 is 0 Å². The van der Waals surface area contributed by atoms with Gasteiger partial charge in [0.15, 0.2) is 0 Å². The van der Waals surface area contributed by atoms with E-state index in [1.54, 1.807) is 0 Å². The third-order valence-electron chi connectivity index (χ3n) is 2.53. The number of ether oxygens (including phenoxy) is 1. The van der Waals surface area contributed by atoms with Crippen molar-refractivity contribution in [3.05, 3.63) is 0 Å². The monoisotopic (exact) mass is 171 g/mol. The van der Waals surface area contributed by atoms with Crippen LogP contribution in [0.1, 0.15) is 40.5 Å². The summed E-state index contributed by atoms with van der Waals surface area (Å²) in [5, 5.41) is 3.52. The summed E-state index contributed by atoms with van der Waals surface area (Å²) in [4.78, 5) is 0. The molecule has 0 saturated carbocycles. The average Bonchev–Trinajstić information content (AvgIpc) is 2.03. The van der Waals surface area contributed by atoms with Crippen LogP contribution in [0.5, 0.6) is 0 Å². The lowest BCUT2D eigenvalue weighted by molar-refractivity contribution is -0.0393. The number of hydrogen-bond donors (Lipinski definition) is 1. The van der Waals surface area contributed by atoms with E-state index in [-0.39, 0.29) is 6.23 Å². The lowest BCUT2D eigenvalue weighted by Crippen LogP contribution is -2.51. The van der Waals surface area contributed by atoms with Crippen molar-refractivity contribution in [2.75, 3.05) is 6.61 Å². The lowest BCUT2D eigenvalue weighted by Gasteiger charge is -2.38. The first-order valence-electron chi connectivity index (χ1n) is 4.91.